The number of aryl methyl sites for hydroxylation is 2. The molecule has 2 aromatic rings. The number of hydrogen-bond donors (Lipinski definition) is 0. The summed E-state index contributed by atoms with van der Waals surface area (Å²) >= 11 is 0. The van der Waals surface area contributed by atoms with Crippen LogP contribution in [0.1, 0.15) is 27.0 Å². The van der Waals surface area contributed by atoms with Gasteiger partial charge in [-0.25, -0.2) is 0 Å². The molecule has 0 atom stereocenters. The van der Waals surface area contributed by atoms with E-state index in [0.717, 1.165) is 11.1 Å². The van der Waals surface area contributed by atoms with Crippen molar-refractivity contribution in [2.24, 2.45) is 0 Å². The van der Waals surface area contributed by atoms with E-state index in [9.17, 15) is 4.79 Å². The topological polar surface area (TPSA) is 35.5 Å². The van der Waals surface area contributed by atoms with Gasteiger partial charge in [-0.05, 0) is 37.1 Å². The van der Waals surface area contributed by atoms with Crippen LogP contribution in [0.3, 0.4) is 0 Å². The predicted molar refractivity (Wildman–Crippen MR) is 78.9 cm³/mol. The van der Waals surface area contributed by atoms with E-state index in [4.69, 9.17) is 9.47 Å². The SMILES string of the molecule is COc1c(C)cccc1C(=O)c1cccc(C)c1OC. The molecule has 3 heteroatoms. The summed E-state index contributed by atoms with van der Waals surface area (Å²) in [6.45, 7) is 3.84. The molecule has 0 heterocycles. The molecule has 0 N–H and O–H groups in total. The number of ether oxygens (including phenoxy) is 2. The number of methoxy groups -OCH3 is 2. The van der Waals surface area contributed by atoms with Crippen LogP contribution in [0.5, 0.6) is 11.5 Å². The lowest BCUT2D eigenvalue weighted by Crippen LogP contribution is -2.07. The van der Waals surface area contributed by atoms with Crippen LogP contribution in [0.15, 0.2) is 36.4 Å². The monoisotopic (exact) mass is 270 g/mol. The minimum atomic E-state index is -0.0916. The molecule has 0 aliphatic carbocycles. The second kappa shape index (κ2) is 5.78. The van der Waals surface area contributed by atoms with Crippen molar-refractivity contribution >= 4 is 5.78 Å². The van der Waals surface area contributed by atoms with Crippen LogP contribution < -0.4 is 9.47 Å². The van der Waals surface area contributed by atoms with E-state index in [2.05, 4.69) is 0 Å². The smallest absolute Gasteiger partial charge is 0.200 e. The Balaban J connectivity index is 2.58. The van der Waals surface area contributed by atoms with Gasteiger partial charge < -0.3 is 9.47 Å². The van der Waals surface area contributed by atoms with Gasteiger partial charge in [0.15, 0.2) is 5.78 Å². The first-order chi connectivity index (χ1) is 9.60. The molecule has 0 aliphatic rings. The Bertz CT molecular complexity index is 589. The Morgan fingerprint density at radius 2 is 1.20 bits per heavy atom. The third kappa shape index (κ3) is 2.39. The van der Waals surface area contributed by atoms with Crippen LogP contribution in [0.4, 0.5) is 0 Å². The molecule has 0 radical (unpaired) electrons. The molecule has 0 bridgehead atoms. The van der Waals surface area contributed by atoms with Crippen molar-refractivity contribution in [3.63, 3.8) is 0 Å². The summed E-state index contributed by atoms with van der Waals surface area (Å²) in [4.78, 5) is 12.8. The highest BCUT2D eigenvalue weighted by Crippen LogP contribution is 2.30. The molecule has 0 aliphatic heterocycles. The van der Waals surface area contributed by atoms with Crippen LogP contribution in [-0.4, -0.2) is 20.0 Å². The second-order valence-corrected chi connectivity index (χ2v) is 4.64. The lowest BCUT2D eigenvalue weighted by molar-refractivity contribution is 0.103. The van der Waals surface area contributed by atoms with Gasteiger partial charge in [-0.15, -0.1) is 0 Å². The Kier molecular flexibility index (Phi) is 4.08. The summed E-state index contributed by atoms with van der Waals surface area (Å²) in [6.07, 6.45) is 0. The lowest BCUT2D eigenvalue weighted by atomic mass is 9.98. The van der Waals surface area contributed by atoms with Crippen molar-refractivity contribution in [2.75, 3.05) is 14.2 Å². The summed E-state index contributed by atoms with van der Waals surface area (Å²) < 4.78 is 10.7. The largest absolute Gasteiger partial charge is 0.496 e. The fourth-order valence-corrected chi connectivity index (χ4v) is 2.35. The zero-order valence-corrected chi connectivity index (χ0v) is 12.2. The fraction of sp³-hybridized carbons (Fsp3) is 0.235. The number of carbonyl (C=O) groups is 1. The molecule has 2 rings (SSSR count). The Morgan fingerprint density at radius 3 is 1.55 bits per heavy atom. The Morgan fingerprint density at radius 1 is 0.800 bits per heavy atom. The standard InChI is InChI=1S/C17H18O3/c1-11-7-5-9-13(16(11)19-3)15(18)14-10-6-8-12(2)17(14)20-4/h5-10H,1-4H3. The third-order valence-electron chi connectivity index (χ3n) is 3.32. The predicted octanol–water partition coefficient (Wildman–Crippen LogP) is 3.55. The summed E-state index contributed by atoms with van der Waals surface area (Å²) in [5, 5.41) is 0. The zero-order valence-electron chi connectivity index (χ0n) is 12.2. The second-order valence-electron chi connectivity index (χ2n) is 4.64. The highest BCUT2D eigenvalue weighted by molar-refractivity contribution is 6.12. The maximum Gasteiger partial charge on any atom is 0.200 e. The van der Waals surface area contributed by atoms with Gasteiger partial charge in [-0.1, -0.05) is 24.3 Å². The van der Waals surface area contributed by atoms with Gasteiger partial charge in [-0.3, -0.25) is 4.79 Å². The Hall–Kier alpha value is -2.29. The zero-order chi connectivity index (χ0) is 14.7. The molecule has 20 heavy (non-hydrogen) atoms. The molecule has 0 spiro atoms. The van der Waals surface area contributed by atoms with Gasteiger partial charge in [0.1, 0.15) is 11.5 Å². The first kappa shape index (κ1) is 14.1. The number of rotatable bonds is 4. The van der Waals surface area contributed by atoms with Crippen LogP contribution in [-0.2, 0) is 0 Å². The maximum atomic E-state index is 12.8. The minimum Gasteiger partial charge on any atom is -0.496 e. The molecule has 0 saturated carbocycles. The van der Waals surface area contributed by atoms with E-state index in [1.165, 1.54) is 0 Å². The van der Waals surface area contributed by atoms with Crippen LogP contribution in [0.25, 0.3) is 0 Å². The summed E-state index contributed by atoms with van der Waals surface area (Å²) in [5.74, 6) is 1.13. The molecule has 104 valence electrons. The lowest BCUT2D eigenvalue weighted by Gasteiger charge is -2.13. The van der Waals surface area contributed by atoms with Gasteiger partial charge in [0.25, 0.3) is 0 Å². The van der Waals surface area contributed by atoms with E-state index in [1.807, 2.05) is 38.1 Å². The van der Waals surface area contributed by atoms with E-state index >= 15 is 0 Å². The number of ketones is 1. The van der Waals surface area contributed by atoms with Crippen molar-refractivity contribution in [1.82, 2.24) is 0 Å². The van der Waals surface area contributed by atoms with Crippen molar-refractivity contribution in [3.05, 3.63) is 58.7 Å². The summed E-state index contributed by atoms with van der Waals surface area (Å²) in [6, 6.07) is 11.1. The number of hydrogen-bond acceptors (Lipinski definition) is 3. The fourth-order valence-electron chi connectivity index (χ4n) is 2.35. The van der Waals surface area contributed by atoms with Crippen molar-refractivity contribution in [3.8, 4) is 11.5 Å². The van der Waals surface area contributed by atoms with Gasteiger partial charge in [0.2, 0.25) is 0 Å². The molecule has 0 fully saturated rings. The van der Waals surface area contributed by atoms with Crippen LogP contribution >= 0.6 is 0 Å². The summed E-state index contributed by atoms with van der Waals surface area (Å²) in [7, 11) is 3.15. The quantitative estimate of drug-likeness (QED) is 0.797. The van der Waals surface area contributed by atoms with E-state index < -0.39 is 0 Å². The highest BCUT2D eigenvalue weighted by atomic mass is 16.5. The van der Waals surface area contributed by atoms with Crippen molar-refractivity contribution < 1.29 is 14.3 Å². The summed E-state index contributed by atoms with van der Waals surface area (Å²) in [5.41, 5.74) is 2.97. The number of carbonyl (C=O) groups excluding carboxylic acids is 1. The molecule has 0 amide bonds. The minimum absolute atomic E-state index is 0.0916. The third-order valence-corrected chi connectivity index (χ3v) is 3.32. The average molecular weight is 270 g/mol. The van der Waals surface area contributed by atoms with E-state index in [1.54, 1.807) is 26.4 Å². The maximum absolute atomic E-state index is 12.8. The van der Waals surface area contributed by atoms with Crippen molar-refractivity contribution in [1.29, 1.82) is 0 Å². The van der Waals surface area contributed by atoms with Crippen LogP contribution in [0.2, 0.25) is 0 Å². The highest BCUT2D eigenvalue weighted by Gasteiger charge is 2.20. The molecule has 3 nitrogen and oxygen atoms in total. The molecule has 2 aromatic carbocycles. The average Bonchev–Trinajstić information content (AvgIpc) is 2.46. The first-order valence-electron chi connectivity index (χ1n) is 6.42. The molecule has 0 aromatic heterocycles. The molecule has 0 saturated heterocycles. The number of benzene rings is 2. The number of para-hydroxylation sites is 2. The van der Waals surface area contributed by atoms with Crippen LogP contribution in [0, 0.1) is 13.8 Å². The van der Waals surface area contributed by atoms with E-state index in [-0.39, 0.29) is 5.78 Å². The van der Waals surface area contributed by atoms with E-state index in [0.29, 0.717) is 22.6 Å². The van der Waals surface area contributed by atoms with Gasteiger partial charge in [0.05, 0.1) is 25.3 Å². The van der Waals surface area contributed by atoms with Crippen molar-refractivity contribution in [2.45, 2.75) is 13.8 Å². The van der Waals surface area contributed by atoms with Gasteiger partial charge in [0, 0.05) is 0 Å². The Labute approximate surface area is 119 Å². The first-order valence-corrected chi connectivity index (χ1v) is 6.42. The van der Waals surface area contributed by atoms with Gasteiger partial charge in [-0.2, -0.15) is 0 Å². The molecular weight excluding hydrogens is 252 g/mol. The van der Waals surface area contributed by atoms with Gasteiger partial charge >= 0.3 is 0 Å². The normalized spacial score (nSPS) is 10.2. The molecule has 0 unspecified atom stereocenters. The molecular formula is C17H18O3.